The first kappa shape index (κ1) is 12.6. The molecule has 0 spiro atoms. The van der Waals surface area contributed by atoms with E-state index in [2.05, 4.69) is 27.4 Å². The van der Waals surface area contributed by atoms with E-state index in [1.54, 1.807) is 11.8 Å². The summed E-state index contributed by atoms with van der Waals surface area (Å²) in [7, 11) is 0. The lowest BCUT2D eigenvalue weighted by Crippen LogP contribution is -2.05. The van der Waals surface area contributed by atoms with Gasteiger partial charge in [0.2, 0.25) is 11.1 Å². The maximum atomic E-state index is 10.9. The maximum Gasteiger partial charge on any atom is 0.221 e. The van der Waals surface area contributed by atoms with Crippen LogP contribution in [0.1, 0.15) is 13.8 Å². The minimum atomic E-state index is -0.0796. The molecule has 2 aromatic rings. The van der Waals surface area contributed by atoms with Gasteiger partial charge in [0.05, 0.1) is 0 Å². The highest BCUT2D eigenvalue weighted by atomic mass is 32.2. The van der Waals surface area contributed by atoms with Crippen molar-refractivity contribution in [1.29, 1.82) is 0 Å². The second-order valence-electron chi connectivity index (χ2n) is 3.66. The SMILES string of the molecule is CCSc1n[nH]c(-c2ccc(NC(C)=O)cc2)n1. The summed E-state index contributed by atoms with van der Waals surface area (Å²) in [5.74, 6) is 1.60. The van der Waals surface area contributed by atoms with Crippen molar-refractivity contribution in [2.24, 2.45) is 0 Å². The van der Waals surface area contributed by atoms with Gasteiger partial charge in [-0.05, 0) is 30.0 Å². The molecule has 1 heterocycles. The van der Waals surface area contributed by atoms with Crippen LogP contribution >= 0.6 is 11.8 Å². The molecule has 0 aliphatic carbocycles. The summed E-state index contributed by atoms with van der Waals surface area (Å²) in [4.78, 5) is 15.3. The minimum Gasteiger partial charge on any atom is -0.326 e. The van der Waals surface area contributed by atoms with Crippen molar-refractivity contribution >= 4 is 23.4 Å². The van der Waals surface area contributed by atoms with E-state index in [1.165, 1.54) is 6.92 Å². The highest BCUT2D eigenvalue weighted by Crippen LogP contribution is 2.20. The fourth-order valence-corrected chi connectivity index (χ4v) is 2.01. The van der Waals surface area contributed by atoms with Gasteiger partial charge in [0, 0.05) is 18.2 Å². The first-order valence-electron chi connectivity index (χ1n) is 5.62. The van der Waals surface area contributed by atoms with Gasteiger partial charge in [-0.1, -0.05) is 18.7 Å². The Morgan fingerprint density at radius 2 is 2.11 bits per heavy atom. The number of hydrogen-bond acceptors (Lipinski definition) is 4. The van der Waals surface area contributed by atoms with E-state index in [4.69, 9.17) is 0 Å². The molecule has 6 heteroatoms. The van der Waals surface area contributed by atoms with Crippen LogP contribution < -0.4 is 5.32 Å². The Bertz CT molecular complexity index is 535. The number of carbonyl (C=O) groups excluding carboxylic acids is 1. The van der Waals surface area contributed by atoms with Crippen molar-refractivity contribution in [2.75, 3.05) is 11.1 Å². The van der Waals surface area contributed by atoms with Crippen LogP contribution in [0.3, 0.4) is 0 Å². The van der Waals surface area contributed by atoms with Gasteiger partial charge < -0.3 is 5.32 Å². The highest BCUT2D eigenvalue weighted by Gasteiger charge is 2.05. The molecule has 1 amide bonds. The van der Waals surface area contributed by atoms with Gasteiger partial charge in [-0.15, -0.1) is 5.10 Å². The number of benzene rings is 1. The highest BCUT2D eigenvalue weighted by molar-refractivity contribution is 7.99. The van der Waals surface area contributed by atoms with Crippen LogP contribution in [-0.4, -0.2) is 26.8 Å². The first-order valence-corrected chi connectivity index (χ1v) is 6.61. The number of H-pyrrole nitrogens is 1. The lowest BCUT2D eigenvalue weighted by atomic mass is 10.2. The molecule has 0 aliphatic rings. The predicted molar refractivity (Wildman–Crippen MR) is 72.5 cm³/mol. The fourth-order valence-electron chi connectivity index (χ4n) is 1.48. The smallest absolute Gasteiger partial charge is 0.221 e. The molecular weight excluding hydrogens is 248 g/mol. The molecule has 0 radical (unpaired) electrons. The zero-order valence-electron chi connectivity index (χ0n) is 10.2. The minimum absolute atomic E-state index is 0.0796. The van der Waals surface area contributed by atoms with Crippen LogP contribution in [0.15, 0.2) is 29.4 Å². The number of anilines is 1. The van der Waals surface area contributed by atoms with Gasteiger partial charge in [0.15, 0.2) is 5.82 Å². The van der Waals surface area contributed by atoms with Crippen molar-refractivity contribution in [3.63, 3.8) is 0 Å². The third-order valence-corrected chi connectivity index (χ3v) is 2.95. The van der Waals surface area contributed by atoms with Crippen molar-refractivity contribution in [2.45, 2.75) is 19.0 Å². The fraction of sp³-hybridized carbons (Fsp3) is 0.250. The van der Waals surface area contributed by atoms with E-state index in [0.717, 1.165) is 28.0 Å². The molecule has 0 bridgehead atoms. The lowest BCUT2D eigenvalue weighted by Gasteiger charge is -2.02. The van der Waals surface area contributed by atoms with E-state index in [-0.39, 0.29) is 5.91 Å². The number of amides is 1. The molecular formula is C12H14N4OS. The number of hydrogen-bond donors (Lipinski definition) is 2. The van der Waals surface area contributed by atoms with Crippen molar-refractivity contribution in [1.82, 2.24) is 15.2 Å². The third kappa shape index (κ3) is 3.10. The maximum absolute atomic E-state index is 10.9. The predicted octanol–water partition coefficient (Wildman–Crippen LogP) is 2.54. The second-order valence-corrected chi connectivity index (χ2v) is 4.89. The molecule has 0 aliphatic heterocycles. The normalized spacial score (nSPS) is 10.3. The standard InChI is InChI=1S/C12H14N4OS/c1-3-18-12-14-11(15-16-12)9-4-6-10(7-5-9)13-8(2)17/h4-7H,3H2,1-2H3,(H,13,17)(H,14,15,16). The van der Waals surface area contributed by atoms with Gasteiger partial charge in [-0.3, -0.25) is 9.89 Å². The van der Waals surface area contributed by atoms with Crippen LogP contribution in [0.25, 0.3) is 11.4 Å². The molecule has 0 saturated carbocycles. The third-order valence-electron chi connectivity index (χ3n) is 2.22. The van der Waals surface area contributed by atoms with Crippen molar-refractivity contribution < 1.29 is 4.79 Å². The van der Waals surface area contributed by atoms with Gasteiger partial charge in [0.25, 0.3) is 0 Å². The van der Waals surface area contributed by atoms with E-state index in [1.807, 2.05) is 24.3 Å². The number of thioether (sulfide) groups is 1. The number of aromatic amines is 1. The Balaban J connectivity index is 2.15. The van der Waals surface area contributed by atoms with Gasteiger partial charge >= 0.3 is 0 Å². The quantitative estimate of drug-likeness (QED) is 0.831. The zero-order valence-corrected chi connectivity index (χ0v) is 11.0. The molecule has 0 fully saturated rings. The van der Waals surface area contributed by atoms with E-state index < -0.39 is 0 Å². The first-order chi connectivity index (χ1) is 8.69. The monoisotopic (exact) mass is 262 g/mol. The molecule has 2 rings (SSSR count). The molecule has 0 atom stereocenters. The van der Waals surface area contributed by atoms with Gasteiger partial charge in [0.1, 0.15) is 0 Å². The van der Waals surface area contributed by atoms with Crippen LogP contribution in [0.2, 0.25) is 0 Å². The van der Waals surface area contributed by atoms with Crippen LogP contribution in [-0.2, 0) is 4.79 Å². The van der Waals surface area contributed by atoms with Crippen LogP contribution in [0.4, 0.5) is 5.69 Å². The van der Waals surface area contributed by atoms with Crippen LogP contribution in [0, 0.1) is 0 Å². The number of nitrogens with one attached hydrogen (secondary N) is 2. The Morgan fingerprint density at radius 3 is 2.72 bits per heavy atom. The second kappa shape index (κ2) is 5.68. The Kier molecular flexibility index (Phi) is 3.99. The number of carbonyl (C=O) groups is 1. The molecule has 18 heavy (non-hydrogen) atoms. The van der Waals surface area contributed by atoms with E-state index in [0.29, 0.717) is 0 Å². The van der Waals surface area contributed by atoms with Gasteiger partial charge in [-0.2, -0.15) is 0 Å². The Hall–Kier alpha value is -1.82. The molecule has 0 unspecified atom stereocenters. The summed E-state index contributed by atoms with van der Waals surface area (Å²) in [6.07, 6.45) is 0. The summed E-state index contributed by atoms with van der Waals surface area (Å²) >= 11 is 1.59. The zero-order chi connectivity index (χ0) is 13.0. The molecule has 1 aromatic heterocycles. The summed E-state index contributed by atoms with van der Waals surface area (Å²) in [5, 5.41) is 10.5. The van der Waals surface area contributed by atoms with Gasteiger partial charge in [-0.25, -0.2) is 4.98 Å². The van der Waals surface area contributed by atoms with Crippen molar-refractivity contribution in [3.8, 4) is 11.4 Å². The average molecular weight is 262 g/mol. The molecule has 2 N–H and O–H groups in total. The topological polar surface area (TPSA) is 70.7 Å². The Labute approximate surface area is 109 Å². The summed E-state index contributed by atoms with van der Waals surface area (Å²) < 4.78 is 0. The average Bonchev–Trinajstić information content (AvgIpc) is 2.78. The van der Waals surface area contributed by atoms with E-state index in [9.17, 15) is 4.79 Å². The number of rotatable bonds is 4. The van der Waals surface area contributed by atoms with Crippen LogP contribution in [0.5, 0.6) is 0 Å². The Morgan fingerprint density at radius 1 is 1.39 bits per heavy atom. The summed E-state index contributed by atoms with van der Waals surface area (Å²) in [6.45, 7) is 3.54. The molecule has 1 aromatic carbocycles. The summed E-state index contributed by atoms with van der Waals surface area (Å²) in [6, 6.07) is 7.47. The van der Waals surface area contributed by atoms with E-state index >= 15 is 0 Å². The molecule has 5 nitrogen and oxygen atoms in total. The number of nitrogens with zero attached hydrogens (tertiary/aromatic N) is 2. The van der Waals surface area contributed by atoms with Crippen molar-refractivity contribution in [3.05, 3.63) is 24.3 Å². The molecule has 94 valence electrons. The summed E-state index contributed by atoms with van der Waals surface area (Å²) in [5.41, 5.74) is 1.72. The lowest BCUT2D eigenvalue weighted by molar-refractivity contribution is -0.114. The molecule has 0 saturated heterocycles. The largest absolute Gasteiger partial charge is 0.326 e. The number of aromatic nitrogens is 3.